The Kier molecular flexibility index (Phi) is 5.62. The molecule has 0 aromatic rings. The Morgan fingerprint density at radius 1 is 0.973 bits per heavy atom. The smallest absolute Gasteiger partial charge is 0.312 e. The molecule has 8 atom stereocenters. The number of hydrogen-bond acceptors (Lipinski definition) is 5. The van der Waals surface area contributed by atoms with Crippen molar-refractivity contribution < 1.29 is 23.9 Å². The van der Waals surface area contributed by atoms with E-state index < -0.39 is 16.7 Å². The van der Waals surface area contributed by atoms with Crippen LogP contribution in [0.3, 0.4) is 0 Å². The average Bonchev–Trinajstić information content (AvgIpc) is 2.82. The van der Waals surface area contributed by atoms with Crippen molar-refractivity contribution in [3.05, 3.63) is 23.3 Å². The maximum atomic E-state index is 14.3. The molecule has 5 aliphatic carbocycles. The Hall–Kier alpha value is -2.24. The van der Waals surface area contributed by atoms with E-state index in [-0.39, 0.29) is 63.0 Å². The number of carbonyl (C=O) groups is 4. The van der Waals surface area contributed by atoms with Crippen molar-refractivity contribution in [1.82, 2.24) is 0 Å². The zero-order valence-corrected chi connectivity index (χ0v) is 23.5. The molecule has 1 amide bonds. The maximum absolute atomic E-state index is 14.3. The van der Waals surface area contributed by atoms with Crippen LogP contribution in [0.5, 0.6) is 0 Å². The highest BCUT2D eigenvalue weighted by molar-refractivity contribution is 6.20. The number of nitrogens with two attached hydrogens (primary N) is 1. The maximum Gasteiger partial charge on any atom is 0.312 e. The van der Waals surface area contributed by atoms with Gasteiger partial charge in [0.1, 0.15) is 0 Å². The molecule has 0 radical (unpaired) electrons. The normalized spacial score (nSPS) is 46.4. The summed E-state index contributed by atoms with van der Waals surface area (Å²) in [5.74, 6) is -1.60. The molecule has 202 valence electrons. The monoisotopic (exact) mass is 509 g/mol. The van der Waals surface area contributed by atoms with E-state index in [0.717, 1.165) is 50.5 Å². The second-order valence-electron chi connectivity index (χ2n) is 14.3. The fourth-order valence-electron chi connectivity index (χ4n) is 9.92. The van der Waals surface area contributed by atoms with Crippen LogP contribution in [0.2, 0.25) is 0 Å². The lowest BCUT2D eigenvalue weighted by molar-refractivity contribution is -0.190. The van der Waals surface area contributed by atoms with E-state index in [4.69, 9.17) is 10.5 Å². The standard InChI is InChI=1S/C31H43NO5/c1-17-19-8-9-29(5)22(28(19,4)15-18(24(17)34)25(32)35)14-21(33)23-20-16-27(2,3)10-12-31(20,26(36)37-7)13-11-30(23,29)6/h14-15,17,19-20,23H,8-13,16H2,1-7H3,(H2,32,35)/t17-,19-,20-,23-,28-,29+,30+,31-/m0/s1. The molecular weight excluding hydrogens is 466 g/mol. The molecule has 3 saturated carbocycles. The van der Waals surface area contributed by atoms with E-state index in [9.17, 15) is 19.2 Å². The summed E-state index contributed by atoms with van der Waals surface area (Å²) >= 11 is 0. The van der Waals surface area contributed by atoms with Gasteiger partial charge in [-0.3, -0.25) is 19.2 Å². The van der Waals surface area contributed by atoms with Gasteiger partial charge in [-0.2, -0.15) is 0 Å². The summed E-state index contributed by atoms with van der Waals surface area (Å²) < 4.78 is 5.39. The second kappa shape index (κ2) is 7.89. The Balaban J connectivity index is 1.69. The fraction of sp³-hybridized carbons (Fsp3) is 0.742. The lowest BCUT2D eigenvalue weighted by Crippen LogP contribution is -2.65. The summed E-state index contributed by atoms with van der Waals surface area (Å²) in [7, 11) is 1.47. The number of ether oxygens (including phenoxy) is 1. The molecule has 0 bridgehead atoms. The van der Waals surface area contributed by atoms with Gasteiger partial charge < -0.3 is 10.5 Å². The molecule has 3 fully saturated rings. The van der Waals surface area contributed by atoms with Gasteiger partial charge in [0.25, 0.3) is 5.91 Å². The number of hydrogen-bond donors (Lipinski definition) is 1. The highest BCUT2D eigenvalue weighted by Gasteiger charge is 2.70. The Bertz CT molecular complexity index is 1160. The summed E-state index contributed by atoms with van der Waals surface area (Å²) in [6, 6.07) is 0. The largest absolute Gasteiger partial charge is 0.469 e. The van der Waals surface area contributed by atoms with Gasteiger partial charge in [0.05, 0.1) is 18.1 Å². The molecule has 5 aliphatic rings. The zero-order chi connectivity index (χ0) is 27.3. The van der Waals surface area contributed by atoms with Gasteiger partial charge in [-0.15, -0.1) is 0 Å². The van der Waals surface area contributed by atoms with Crippen molar-refractivity contribution in [3.63, 3.8) is 0 Å². The molecule has 0 heterocycles. The van der Waals surface area contributed by atoms with Gasteiger partial charge in [-0.1, -0.05) is 53.2 Å². The van der Waals surface area contributed by atoms with Gasteiger partial charge in [-0.05, 0) is 79.1 Å². The molecule has 2 N–H and O–H groups in total. The minimum atomic E-state index is -0.694. The fourth-order valence-corrected chi connectivity index (χ4v) is 9.92. The topological polar surface area (TPSA) is 104 Å². The van der Waals surface area contributed by atoms with Crippen molar-refractivity contribution in [3.8, 4) is 0 Å². The van der Waals surface area contributed by atoms with Crippen LogP contribution in [0.25, 0.3) is 0 Å². The quantitative estimate of drug-likeness (QED) is 0.419. The molecule has 0 aliphatic heterocycles. The Labute approximate surface area is 220 Å². The number of carbonyl (C=O) groups excluding carboxylic acids is 4. The van der Waals surface area contributed by atoms with Crippen molar-refractivity contribution in [2.24, 2.45) is 56.5 Å². The second-order valence-corrected chi connectivity index (χ2v) is 14.3. The number of primary amides is 1. The average molecular weight is 510 g/mol. The first kappa shape index (κ1) is 26.4. The number of methoxy groups -OCH3 is 1. The summed E-state index contributed by atoms with van der Waals surface area (Å²) in [6.45, 7) is 13.0. The van der Waals surface area contributed by atoms with Gasteiger partial charge >= 0.3 is 5.97 Å². The first-order chi connectivity index (χ1) is 17.1. The molecule has 0 saturated heterocycles. The number of amides is 1. The Morgan fingerprint density at radius 2 is 1.62 bits per heavy atom. The first-order valence-corrected chi connectivity index (χ1v) is 14.0. The van der Waals surface area contributed by atoms with Crippen LogP contribution in [-0.4, -0.2) is 30.6 Å². The lowest BCUT2D eigenvalue weighted by Gasteiger charge is -2.68. The van der Waals surface area contributed by atoms with E-state index in [2.05, 4.69) is 34.6 Å². The van der Waals surface area contributed by atoms with Crippen molar-refractivity contribution in [2.75, 3.05) is 7.11 Å². The lowest BCUT2D eigenvalue weighted by atomic mass is 9.35. The minimum absolute atomic E-state index is 0.0155. The minimum Gasteiger partial charge on any atom is -0.469 e. The van der Waals surface area contributed by atoms with Crippen LogP contribution in [0.1, 0.15) is 86.5 Å². The Morgan fingerprint density at radius 3 is 2.24 bits per heavy atom. The van der Waals surface area contributed by atoms with Gasteiger partial charge in [0.15, 0.2) is 11.6 Å². The van der Waals surface area contributed by atoms with E-state index in [0.29, 0.717) is 0 Å². The van der Waals surface area contributed by atoms with Gasteiger partial charge in [0.2, 0.25) is 0 Å². The third-order valence-corrected chi connectivity index (χ3v) is 12.2. The van der Waals surface area contributed by atoms with Gasteiger partial charge in [-0.25, -0.2) is 0 Å². The molecule has 0 spiro atoms. The van der Waals surface area contributed by atoms with E-state index >= 15 is 0 Å². The third-order valence-electron chi connectivity index (χ3n) is 12.2. The molecular formula is C31H43NO5. The van der Waals surface area contributed by atoms with Crippen LogP contribution >= 0.6 is 0 Å². The third kappa shape index (κ3) is 3.22. The number of esters is 1. The molecule has 0 aromatic carbocycles. The van der Waals surface area contributed by atoms with E-state index in [1.165, 1.54) is 7.11 Å². The predicted molar refractivity (Wildman–Crippen MR) is 140 cm³/mol. The molecule has 6 nitrogen and oxygen atoms in total. The molecule has 37 heavy (non-hydrogen) atoms. The number of ketones is 2. The molecule has 6 heteroatoms. The van der Waals surface area contributed by atoms with E-state index in [1.807, 2.05) is 13.0 Å². The van der Waals surface area contributed by atoms with E-state index in [1.54, 1.807) is 6.08 Å². The van der Waals surface area contributed by atoms with Crippen molar-refractivity contribution in [2.45, 2.75) is 86.5 Å². The molecule has 0 unspecified atom stereocenters. The predicted octanol–water partition coefficient (Wildman–Crippen LogP) is 4.95. The number of allylic oxidation sites excluding steroid dienone is 3. The number of fused-ring (bicyclic) bond motifs is 7. The summed E-state index contributed by atoms with van der Waals surface area (Å²) in [4.78, 5) is 53.0. The number of Topliss-reactive ketones (excluding diaryl/α,β-unsaturated/α-hetero) is 1. The van der Waals surface area contributed by atoms with Crippen molar-refractivity contribution in [1.29, 1.82) is 0 Å². The summed E-state index contributed by atoms with van der Waals surface area (Å²) in [6.07, 6.45) is 9.37. The van der Waals surface area contributed by atoms with Gasteiger partial charge in [0, 0.05) is 17.3 Å². The highest BCUT2D eigenvalue weighted by Crippen LogP contribution is 2.73. The van der Waals surface area contributed by atoms with Crippen LogP contribution in [0.4, 0.5) is 0 Å². The van der Waals surface area contributed by atoms with Crippen LogP contribution in [0, 0.1) is 50.7 Å². The highest BCUT2D eigenvalue weighted by atomic mass is 16.5. The summed E-state index contributed by atoms with van der Waals surface area (Å²) in [5.41, 5.74) is 4.95. The van der Waals surface area contributed by atoms with Crippen LogP contribution < -0.4 is 5.73 Å². The molecule has 5 rings (SSSR count). The van der Waals surface area contributed by atoms with Crippen LogP contribution in [0.15, 0.2) is 23.3 Å². The van der Waals surface area contributed by atoms with Crippen LogP contribution in [-0.2, 0) is 23.9 Å². The SMILES string of the molecule is COC(=O)[C@]12CCC(C)(C)C[C@H]1[C@H]1C(=O)C=C3[C@@]4(C)C=C(C(N)=O)C(=O)[C@@H](C)[C@@H]4CC[C@@]3(C)[C@]1(C)CC2. The summed E-state index contributed by atoms with van der Waals surface area (Å²) in [5, 5.41) is 0. The first-order valence-electron chi connectivity index (χ1n) is 14.0. The number of rotatable bonds is 2. The molecule has 0 aromatic heterocycles. The zero-order valence-electron chi connectivity index (χ0n) is 23.5. The van der Waals surface area contributed by atoms with Crippen molar-refractivity contribution >= 4 is 23.4 Å².